The molecule has 1 nitrogen and oxygen atoms in total. The zero-order valence-corrected chi connectivity index (χ0v) is 14.1. The van der Waals surface area contributed by atoms with Gasteiger partial charge in [0.05, 0.1) is 0 Å². The van der Waals surface area contributed by atoms with Crippen molar-refractivity contribution in [3.8, 4) is 16.1 Å². The van der Waals surface area contributed by atoms with Crippen LogP contribution in [0, 0.1) is 27.6 Å². The van der Waals surface area contributed by atoms with Crippen LogP contribution in [0.15, 0.2) is 36.4 Å². The van der Waals surface area contributed by atoms with Crippen LogP contribution in [0.2, 0.25) is 0 Å². The first-order chi connectivity index (χ1) is 8.65. The number of benzene rings is 2. The number of nitrogens with zero attached hydrogens (tertiary/aromatic N) is 1. The molecule has 0 aliphatic heterocycles. The molecule has 18 heavy (non-hydrogen) atoms. The van der Waals surface area contributed by atoms with Crippen molar-refractivity contribution in [1.29, 1.82) is 5.26 Å². The second-order valence-corrected chi connectivity index (χ2v) is 6.97. The van der Waals surface area contributed by atoms with Crippen LogP contribution < -0.4 is 4.46 Å². The van der Waals surface area contributed by atoms with Crippen LogP contribution in [-0.2, 0) is 0 Å². The number of rotatable bonds is 2. The molecule has 0 aromatic heterocycles. The Balaban J connectivity index is 2.75. The van der Waals surface area contributed by atoms with Gasteiger partial charge in [0.1, 0.15) is 0 Å². The van der Waals surface area contributed by atoms with Crippen LogP contribution in [-0.4, -0.2) is 15.0 Å². The first kappa shape index (κ1) is 13.6. The van der Waals surface area contributed by atoms with Crippen molar-refractivity contribution in [3.63, 3.8) is 0 Å². The average molecular weight is 412 g/mol. The summed E-state index contributed by atoms with van der Waals surface area (Å²) in [6.07, 6.45) is 0. The van der Waals surface area contributed by atoms with E-state index in [1.54, 1.807) is 0 Å². The van der Waals surface area contributed by atoms with Gasteiger partial charge in [-0.1, -0.05) is 0 Å². The van der Waals surface area contributed by atoms with Gasteiger partial charge in [0.15, 0.2) is 0 Å². The summed E-state index contributed by atoms with van der Waals surface area (Å²) < 4.78 is 2.43. The predicted octanol–water partition coefficient (Wildman–Crippen LogP) is 3.39. The van der Waals surface area contributed by atoms with E-state index in [4.69, 9.17) is 5.26 Å². The van der Waals surface area contributed by atoms with Crippen molar-refractivity contribution < 1.29 is 0 Å². The van der Waals surface area contributed by atoms with Gasteiger partial charge in [-0.05, 0) is 0 Å². The Bertz CT molecular complexity index is 609. The fraction of sp³-hybridized carbons (Fsp3) is 0.133. The van der Waals surface area contributed by atoms with Gasteiger partial charge in [0, 0.05) is 0 Å². The molecule has 0 amide bonds. The van der Waals surface area contributed by atoms with E-state index in [0.29, 0.717) is 0 Å². The molecular formula is C15H12INSe. The van der Waals surface area contributed by atoms with Crippen LogP contribution in [0.5, 0.6) is 0 Å². The van der Waals surface area contributed by atoms with E-state index in [1.165, 1.54) is 30.3 Å². The molecule has 0 aliphatic carbocycles. The van der Waals surface area contributed by atoms with Crippen LogP contribution in [0.4, 0.5) is 0 Å². The minimum atomic E-state index is -0.118. The fourth-order valence-electron chi connectivity index (χ4n) is 2.04. The third kappa shape index (κ3) is 2.61. The molecule has 0 saturated heterocycles. The molecule has 2 aromatic carbocycles. The van der Waals surface area contributed by atoms with Gasteiger partial charge >= 0.3 is 128 Å². The first-order valence-electron chi connectivity index (χ1n) is 5.56. The van der Waals surface area contributed by atoms with Crippen molar-refractivity contribution in [2.24, 2.45) is 0 Å². The summed E-state index contributed by atoms with van der Waals surface area (Å²) in [5, 5.41) is 9.00. The van der Waals surface area contributed by atoms with Crippen molar-refractivity contribution in [3.05, 3.63) is 51.1 Å². The molecule has 0 aliphatic rings. The van der Waals surface area contributed by atoms with Gasteiger partial charge < -0.3 is 0 Å². The summed E-state index contributed by atoms with van der Waals surface area (Å²) in [4.78, 5) is 2.32. The summed E-state index contributed by atoms with van der Waals surface area (Å²) in [5.74, 6) is 0. The summed E-state index contributed by atoms with van der Waals surface area (Å²) in [7, 11) is 0. The topological polar surface area (TPSA) is 23.8 Å². The van der Waals surface area contributed by atoms with Gasteiger partial charge in [-0.2, -0.15) is 0 Å². The van der Waals surface area contributed by atoms with Gasteiger partial charge in [-0.25, -0.2) is 0 Å². The average Bonchev–Trinajstić information content (AvgIpc) is 2.32. The Morgan fingerprint density at radius 2 is 1.61 bits per heavy atom. The number of nitriles is 1. The standard InChI is InChI=1S/C15H12INSe/c1-10-5-3-7-12(16)14(10)15-11(2)6-4-8-13(15)18-9-17/h3-8H,1-2H3. The molecule has 0 unspecified atom stereocenters. The van der Waals surface area contributed by atoms with Crippen LogP contribution in [0.25, 0.3) is 11.1 Å². The molecule has 3 heteroatoms. The van der Waals surface area contributed by atoms with Crippen molar-refractivity contribution >= 4 is 42.0 Å². The molecule has 0 bridgehead atoms. The van der Waals surface area contributed by atoms with Crippen molar-refractivity contribution in [1.82, 2.24) is 0 Å². The van der Waals surface area contributed by atoms with E-state index in [-0.39, 0.29) is 15.0 Å². The third-order valence-electron chi connectivity index (χ3n) is 2.86. The molecule has 0 radical (unpaired) electrons. The molecule has 0 atom stereocenters. The van der Waals surface area contributed by atoms with E-state index >= 15 is 0 Å². The van der Waals surface area contributed by atoms with Crippen LogP contribution in [0.3, 0.4) is 0 Å². The molecule has 90 valence electrons. The Morgan fingerprint density at radius 3 is 2.22 bits per heavy atom. The second-order valence-electron chi connectivity index (χ2n) is 4.07. The molecule has 0 heterocycles. The van der Waals surface area contributed by atoms with Crippen molar-refractivity contribution in [2.45, 2.75) is 13.8 Å². The maximum absolute atomic E-state index is 9.00. The van der Waals surface area contributed by atoms with Crippen LogP contribution >= 0.6 is 22.6 Å². The maximum atomic E-state index is 9.00. The number of aryl methyl sites for hydroxylation is 2. The third-order valence-corrected chi connectivity index (χ3v) is 5.13. The molecule has 0 N–H and O–H groups in total. The normalized spacial score (nSPS) is 10.1. The molecule has 2 rings (SSSR count). The first-order valence-corrected chi connectivity index (χ1v) is 8.35. The van der Waals surface area contributed by atoms with E-state index in [9.17, 15) is 0 Å². The zero-order chi connectivity index (χ0) is 13.1. The summed E-state index contributed by atoms with van der Waals surface area (Å²) in [5.41, 5.74) is 5.05. The van der Waals surface area contributed by atoms with Crippen LogP contribution in [0.1, 0.15) is 11.1 Å². The van der Waals surface area contributed by atoms with E-state index in [1.807, 2.05) is 6.07 Å². The molecule has 0 saturated carbocycles. The summed E-state index contributed by atoms with van der Waals surface area (Å²) >= 11 is 2.26. The monoisotopic (exact) mass is 413 g/mol. The SMILES string of the molecule is Cc1cccc(I)c1-c1c(C)cccc1[Se]C#N. The van der Waals surface area contributed by atoms with E-state index < -0.39 is 0 Å². The van der Waals surface area contributed by atoms with E-state index in [0.717, 1.165) is 0 Å². The number of halogens is 1. The second kappa shape index (κ2) is 5.88. The quantitative estimate of drug-likeness (QED) is 0.548. The minimum absolute atomic E-state index is 0.118. The Morgan fingerprint density at radius 1 is 1.00 bits per heavy atom. The molecule has 0 fully saturated rings. The Hall–Kier alpha value is -0.821. The zero-order valence-electron chi connectivity index (χ0n) is 10.2. The summed E-state index contributed by atoms with van der Waals surface area (Å²) in [6, 6.07) is 12.6. The molecule has 0 spiro atoms. The molecule has 2 aromatic rings. The van der Waals surface area contributed by atoms with Gasteiger partial charge in [-0.15, -0.1) is 0 Å². The molecular weight excluding hydrogens is 400 g/mol. The van der Waals surface area contributed by atoms with Gasteiger partial charge in [0.2, 0.25) is 0 Å². The predicted molar refractivity (Wildman–Crippen MR) is 85.1 cm³/mol. The summed E-state index contributed by atoms with van der Waals surface area (Å²) in [6.45, 7) is 4.25. The number of hydrogen-bond donors (Lipinski definition) is 0. The Kier molecular flexibility index (Phi) is 4.45. The van der Waals surface area contributed by atoms with Crippen molar-refractivity contribution in [2.75, 3.05) is 0 Å². The van der Waals surface area contributed by atoms with Gasteiger partial charge in [0.25, 0.3) is 0 Å². The fourth-order valence-corrected chi connectivity index (χ4v) is 4.23. The van der Waals surface area contributed by atoms with E-state index in [2.05, 4.69) is 71.7 Å². The van der Waals surface area contributed by atoms with Gasteiger partial charge in [-0.3, -0.25) is 0 Å². The number of hydrogen-bond acceptors (Lipinski definition) is 1. The Labute approximate surface area is 128 Å².